The van der Waals surface area contributed by atoms with E-state index in [0.29, 0.717) is 25.9 Å². The molecule has 1 heterocycles. The summed E-state index contributed by atoms with van der Waals surface area (Å²) < 4.78 is 42.3. The molecule has 1 aromatic rings. The number of ether oxygens (including phenoxy) is 1. The molecule has 0 radical (unpaired) electrons. The van der Waals surface area contributed by atoms with E-state index >= 15 is 0 Å². The van der Waals surface area contributed by atoms with Gasteiger partial charge in [0.05, 0.1) is 0 Å². The molecule has 0 aliphatic carbocycles. The van der Waals surface area contributed by atoms with Crippen LogP contribution in [-0.4, -0.2) is 31.1 Å². The highest BCUT2D eigenvalue weighted by molar-refractivity contribution is 6.58. The van der Waals surface area contributed by atoms with Crippen LogP contribution in [0.2, 0.25) is 6.32 Å². The quantitative estimate of drug-likeness (QED) is 0.790. The Morgan fingerprint density at radius 1 is 1.19 bits per heavy atom. The van der Waals surface area contributed by atoms with Crippen LogP contribution in [0.3, 0.4) is 0 Å². The summed E-state index contributed by atoms with van der Waals surface area (Å²) in [6.07, 6.45) is -0.370. The standard InChI is InChI=1S/C14H18BF3NO2/c16-15(17,18)10-12-6-8-19(9-7-12)14(20)21-11-13-4-2-1-3-5-13/h1-5,12H,6-11H2/q-1. The lowest BCUT2D eigenvalue weighted by Gasteiger charge is -2.33. The van der Waals surface area contributed by atoms with E-state index in [1.54, 1.807) is 0 Å². The fraction of sp³-hybridized carbons (Fsp3) is 0.500. The monoisotopic (exact) mass is 300 g/mol. The summed E-state index contributed by atoms with van der Waals surface area (Å²) in [4.78, 5) is 13.3. The van der Waals surface area contributed by atoms with Gasteiger partial charge in [-0.05, 0) is 18.4 Å². The Kier molecular flexibility index (Phi) is 5.14. The Balaban J connectivity index is 1.73. The minimum Gasteiger partial charge on any atom is -0.449 e. The molecule has 0 atom stereocenters. The number of likely N-dealkylation sites (tertiary alicyclic amines) is 1. The number of hydrogen-bond acceptors (Lipinski definition) is 2. The number of rotatable bonds is 4. The van der Waals surface area contributed by atoms with E-state index in [-0.39, 0.29) is 12.5 Å². The predicted octanol–water partition coefficient (Wildman–Crippen LogP) is 3.88. The maximum absolute atomic E-state index is 12.4. The first-order chi connectivity index (χ1) is 9.94. The van der Waals surface area contributed by atoms with Crippen molar-refractivity contribution in [2.24, 2.45) is 5.92 Å². The van der Waals surface area contributed by atoms with Crippen LogP contribution in [0.1, 0.15) is 18.4 Å². The fourth-order valence-corrected chi connectivity index (χ4v) is 2.54. The molecule has 0 bridgehead atoms. The number of carbonyl (C=O) groups excluding carboxylic acids is 1. The maximum atomic E-state index is 12.4. The molecule has 0 N–H and O–H groups in total. The van der Waals surface area contributed by atoms with Crippen molar-refractivity contribution in [2.75, 3.05) is 13.1 Å². The van der Waals surface area contributed by atoms with Crippen molar-refractivity contribution < 1.29 is 22.5 Å². The summed E-state index contributed by atoms with van der Waals surface area (Å²) in [7, 11) is 0. The third-order valence-electron chi connectivity index (χ3n) is 3.68. The highest BCUT2D eigenvalue weighted by atomic mass is 19.4. The van der Waals surface area contributed by atoms with Gasteiger partial charge < -0.3 is 22.6 Å². The largest absolute Gasteiger partial charge is 0.478 e. The first-order valence-corrected chi connectivity index (χ1v) is 7.10. The van der Waals surface area contributed by atoms with Crippen LogP contribution in [0.4, 0.5) is 17.7 Å². The summed E-state index contributed by atoms with van der Waals surface area (Å²) in [5.74, 6) is -0.358. The maximum Gasteiger partial charge on any atom is 0.478 e. The third-order valence-corrected chi connectivity index (χ3v) is 3.68. The molecule has 116 valence electrons. The number of benzene rings is 1. The molecule has 0 aromatic heterocycles. The van der Waals surface area contributed by atoms with E-state index < -0.39 is 19.4 Å². The Hall–Kier alpha value is -1.66. The molecule has 0 spiro atoms. The first kappa shape index (κ1) is 15.7. The first-order valence-electron chi connectivity index (χ1n) is 7.10. The Labute approximate surface area is 122 Å². The normalized spacial score (nSPS) is 16.8. The second-order valence-corrected chi connectivity index (χ2v) is 5.42. The van der Waals surface area contributed by atoms with Crippen LogP contribution >= 0.6 is 0 Å². The van der Waals surface area contributed by atoms with Crippen LogP contribution in [0.15, 0.2) is 30.3 Å². The average molecular weight is 300 g/mol. The molecule has 1 saturated heterocycles. The van der Waals surface area contributed by atoms with Gasteiger partial charge in [0.25, 0.3) is 0 Å². The number of halogens is 3. The van der Waals surface area contributed by atoms with E-state index in [1.165, 1.54) is 4.90 Å². The highest BCUT2D eigenvalue weighted by Crippen LogP contribution is 2.29. The van der Waals surface area contributed by atoms with Gasteiger partial charge in [-0.1, -0.05) is 42.6 Å². The highest BCUT2D eigenvalue weighted by Gasteiger charge is 2.31. The van der Waals surface area contributed by atoms with Crippen molar-refractivity contribution >= 4 is 13.1 Å². The van der Waals surface area contributed by atoms with Gasteiger partial charge in [-0.25, -0.2) is 4.79 Å². The van der Waals surface area contributed by atoms with Crippen molar-refractivity contribution in [3.8, 4) is 0 Å². The molecule has 1 aromatic carbocycles. The molecule has 3 nitrogen and oxygen atoms in total. The van der Waals surface area contributed by atoms with Crippen molar-refractivity contribution in [1.29, 1.82) is 0 Å². The van der Waals surface area contributed by atoms with Gasteiger partial charge in [0.15, 0.2) is 0 Å². The molecule has 1 amide bonds. The second-order valence-electron chi connectivity index (χ2n) is 5.42. The van der Waals surface area contributed by atoms with E-state index in [0.717, 1.165) is 5.56 Å². The van der Waals surface area contributed by atoms with E-state index in [1.807, 2.05) is 30.3 Å². The van der Waals surface area contributed by atoms with E-state index in [9.17, 15) is 17.7 Å². The van der Waals surface area contributed by atoms with Gasteiger partial charge >= 0.3 is 13.1 Å². The van der Waals surface area contributed by atoms with Crippen LogP contribution in [0.25, 0.3) is 0 Å². The fourth-order valence-electron chi connectivity index (χ4n) is 2.54. The van der Waals surface area contributed by atoms with Gasteiger partial charge in [0.2, 0.25) is 0 Å². The molecule has 0 unspecified atom stereocenters. The lowest BCUT2D eigenvalue weighted by molar-refractivity contribution is 0.0832. The summed E-state index contributed by atoms with van der Waals surface area (Å²) in [6.45, 7) is -3.88. The smallest absolute Gasteiger partial charge is 0.449 e. The number of nitrogens with zero attached hydrogens (tertiary/aromatic N) is 1. The molecule has 1 fully saturated rings. The summed E-state index contributed by atoms with van der Waals surface area (Å²) >= 11 is 0. The van der Waals surface area contributed by atoms with Gasteiger partial charge in [-0.3, -0.25) is 0 Å². The summed E-state index contributed by atoms with van der Waals surface area (Å²) in [6, 6.07) is 9.29. The predicted molar refractivity (Wildman–Crippen MR) is 74.8 cm³/mol. The molecule has 1 aliphatic heterocycles. The van der Waals surface area contributed by atoms with Crippen molar-refractivity contribution in [1.82, 2.24) is 4.90 Å². The second kappa shape index (κ2) is 6.87. The summed E-state index contributed by atoms with van der Waals surface area (Å²) in [5.41, 5.74) is 0.889. The summed E-state index contributed by atoms with van der Waals surface area (Å²) in [5, 5.41) is 0. The SMILES string of the molecule is O=C(OCc1ccccc1)N1CCC(C[B-](F)(F)F)CC1. The average Bonchev–Trinajstić information content (AvgIpc) is 2.45. The van der Waals surface area contributed by atoms with E-state index in [2.05, 4.69) is 0 Å². The van der Waals surface area contributed by atoms with E-state index in [4.69, 9.17) is 4.74 Å². The van der Waals surface area contributed by atoms with Crippen LogP contribution < -0.4 is 0 Å². The van der Waals surface area contributed by atoms with Crippen LogP contribution in [-0.2, 0) is 11.3 Å². The number of piperidine rings is 1. The minimum atomic E-state index is -4.74. The zero-order valence-corrected chi connectivity index (χ0v) is 11.7. The lowest BCUT2D eigenvalue weighted by Crippen LogP contribution is -2.39. The number of carbonyl (C=O) groups is 1. The number of hydrogen-bond donors (Lipinski definition) is 0. The Morgan fingerprint density at radius 2 is 1.81 bits per heavy atom. The molecular weight excluding hydrogens is 282 g/mol. The molecule has 2 rings (SSSR count). The van der Waals surface area contributed by atoms with Gasteiger partial charge in [0, 0.05) is 13.1 Å². The minimum absolute atomic E-state index is 0.186. The van der Waals surface area contributed by atoms with Crippen molar-refractivity contribution in [3.05, 3.63) is 35.9 Å². The number of amides is 1. The zero-order valence-electron chi connectivity index (χ0n) is 11.7. The van der Waals surface area contributed by atoms with Crippen molar-refractivity contribution in [3.63, 3.8) is 0 Å². The van der Waals surface area contributed by atoms with Gasteiger partial charge in [-0.15, -0.1) is 0 Å². The Bertz CT molecular complexity index is 459. The van der Waals surface area contributed by atoms with Gasteiger partial charge in [-0.2, -0.15) is 0 Å². The topological polar surface area (TPSA) is 29.5 Å². The van der Waals surface area contributed by atoms with Gasteiger partial charge in [0.1, 0.15) is 6.61 Å². The van der Waals surface area contributed by atoms with Crippen molar-refractivity contribution in [2.45, 2.75) is 25.8 Å². The molecular formula is C14H18BF3NO2-. The third kappa shape index (κ3) is 5.32. The molecule has 21 heavy (non-hydrogen) atoms. The van der Waals surface area contributed by atoms with Crippen LogP contribution in [0, 0.1) is 5.92 Å². The Morgan fingerprint density at radius 3 is 2.38 bits per heavy atom. The molecule has 0 saturated carbocycles. The molecule has 1 aliphatic rings. The van der Waals surface area contributed by atoms with Crippen LogP contribution in [0.5, 0.6) is 0 Å². The molecule has 7 heteroatoms. The lowest BCUT2D eigenvalue weighted by atomic mass is 9.74. The zero-order chi connectivity index (χ0) is 15.3.